The number of hydrogen-bond acceptors (Lipinski definition) is 8. The number of nitrogens with one attached hydrogen (secondary N) is 1. The summed E-state index contributed by atoms with van der Waals surface area (Å²) in [5.41, 5.74) is 4.28. The highest BCUT2D eigenvalue weighted by molar-refractivity contribution is 6.04. The quantitative estimate of drug-likeness (QED) is 0.579. The topological polar surface area (TPSA) is 95.8 Å². The minimum Gasteiger partial charge on any atom is -0.481 e. The van der Waals surface area contributed by atoms with Gasteiger partial charge in [0.2, 0.25) is 17.7 Å². The molecule has 0 aromatic carbocycles. The third-order valence-electron chi connectivity index (χ3n) is 5.73. The van der Waals surface area contributed by atoms with Gasteiger partial charge in [-0.2, -0.15) is 10.1 Å². The molecule has 0 radical (unpaired) electrons. The van der Waals surface area contributed by atoms with Crippen LogP contribution in [0.15, 0.2) is 29.5 Å². The summed E-state index contributed by atoms with van der Waals surface area (Å²) >= 11 is 0. The minimum absolute atomic E-state index is 0.100. The maximum Gasteiger partial charge on any atom is 0.249 e. The van der Waals surface area contributed by atoms with Gasteiger partial charge >= 0.3 is 0 Å². The van der Waals surface area contributed by atoms with E-state index >= 15 is 0 Å². The number of fused-ring (bicyclic) bond motifs is 1. The molecule has 0 saturated heterocycles. The second-order valence-electron chi connectivity index (χ2n) is 7.54. The van der Waals surface area contributed by atoms with Crippen LogP contribution in [0.1, 0.15) is 44.7 Å². The number of carbonyl (C=O) groups excluding carboxylic acids is 1. The highest BCUT2D eigenvalue weighted by Crippen LogP contribution is 2.39. The summed E-state index contributed by atoms with van der Waals surface area (Å²) in [5.74, 6) is 1.80. The zero-order valence-corrected chi connectivity index (χ0v) is 17.6. The fourth-order valence-corrected chi connectivity index (χ4v) is 4.21. The lowest BCUT2D eigenvalue weighted by Crippen LogP contribution is -2.55. The molecule has 3 heterocycles. The van der Waals surface area contributed by atoms with Gasteiger partial charge in [-0.3, -0.25) is 4.79 Å². The van der Waals surface area contributed by atoms with Crippen LogP contribution in [0.25, 0.3) is 0 Å². The maximum atomic E-state index is 12.9. The van der Waals surface area contributed by atoms with Gasteiger partial charge in [0.05, 0.1) is 25.2 Å². The Balaban J connectivity index is 1.61. The first-order valence-corrected chi connectivity index (χ1v) is 10.4. The SMILES string of the molecule is CCC1C(=O)N(C)c2cnc(N/N=C/c3cccc(OC)n3)nc2N1C1CCCC1. The number of amides is 1. The van der Waals surface area contributed by atoms with Crippen LogP contribution in [-0.4, -0.2) is 53.3 Å². The third-order valence-corrected chi connectivity index (χ3v) is 5.73. The predicted octanol–water partition coefficient (Wildman–Crippen LogP) is 2.83. The van der Waals surface area contributed by atoms with E-state index in [0.717, 1.165) is 30.8 Å². The van der Waals surface area contributed by atoms with Gasteiger partial charge in [0.1, 0.15) is 11.7 Å². The fourth-order valence-electron chi connectivity index (χ4n) is 4.21. The summed E-state index contributed by atoms with van der Waals surface area (Å²) in [6.07, 6.45) is 8.56. The fraction of sp³-hybridized carbons (Fsp3) is 0.476. The average molecular weight is 409 g/mol. The third kappa shape index (κ3) is 3.79. The summed E-state index contributed by atoms with van der Waals surface area (Å²) in [6.45, 7) is 2.05. The molecule has 1 aliphatic heterocycles. The van der Waals surface area contributed by atoms with E-state index in [0.29, 0.717) is 23.6 Å². The number of hydrazone groups is 1. The molecule has 0 spiro atoms. The number of pyridine rings is 1. The van der Waals surface area contributed by atoms with Crippen molar-refractivity contribution in [3.8, 4) is 5.88 Å². The van der Waals surface area contributed by atoms with Gasteiger partial charge < -0.3 is 14.5 Å². The van der Waals surface area contributed by atoms with Crippen LogP contribution in [0.2, 0.25) is 0 Å². The molecule has 2 aromatic rings. The number of aromatic nitrogens is 3. The van der Waals surface area contributed by atoms with Crippen LogP contribution in [0.4, 0.5) is 17.5 Å². The van der Waals surface area contributed by atoms with Crippen molar-refractivity contribution in [3.63, 3.8) is 0 Å². The lowest BCUT2D eigenvalue weighted by Gasteiger charge is -2.43. The van der Waals surface area contributed by atoms with Gasteiger partial charge in [0.15, 0.2) is 5.82 Å². The summed E-state index contributed by atoms with van der Waals surface area (Å²) in [6, 6.07) is 5.59. The standard InChI is InChI=1S/C21H27N7O2/c1-4-16-20(29)27(2)17-13-22-21(25-19(17)28(16)15-9-5-6-10-15)26-23-12-14-8-7-11-18(24-14)30-3/h7-8,11-13,15-16H,4-6,9-10H2,1-3H3,(H,22,25,26)/b23-12+. The van der Waals surface area contributed by atoms with Crippen molar-refractivity contribution in [1.82, 2.24) is 15.0 Å². The van der Waals surface area contributed by atoms with Crippen molar-refractivity contribution in [1.29, 1.82) is 0 Å². The Morgan fingerprint density at radius 2 is 2.10 bits per heavy atom. The molecule has 1 fully saturated rings. The summed E-state index contributed by atoms with van der Waals surface area (Å²) in [5, 5.41) is 4.21. The summed E-state index contributed by atoms with van der Waals surface area (Å²) < 4.78 is 5.13. The Morgan fingerprint density at radius 1 is 1.30 bits per heavy atom. The van der Waals surface area contributed by atoms with Crippen molar-refractivity contribution < 1.29 is 9.53 Å². The molecule has 9 heteroatoms. The van der Waals surface area contributed by atoms with Gasteiger partial charge in [-0.1, -0.05) is 25.8 Å². The summed E-state index contributed by atoms with van der Waals surface area (Å²) in [7, 11) is 3.36. The van der Waals surface area contributed by atoms with Crippen LogP contribution in [0.3, 0.4) is 0 Å². The van der Waals surface area contributed by atoms with E-state index < -0.39 is 0 Å². The van der Waals surface area contributed by atoms with E-state index in [-0.39, 0.29) is 11.9 Å². The van der Waals surface area contributed by atoms with E-state index in [4.69, 9.17) is 9.72 Å². The van der Waals surface area contributed by atoms with Crippen LogP contribution < -0.4 is 20.0 Å². The highest BCUT2D eigenvalue weighted by Gasteiger charge is 2.41. The number of likely N-dealkylation sites (N-methyl/N-ethyl adjacent to an activating group) is 1. The Bertz CT molecular complexity index is 943. The normalized spacial score (nSPS) is 19.4. The molecule has 1 amide bonds. The number of nitrogens with zero attached hydrogens (tertiary/aromatic N) is 6. The highest BCUT2D eigenvalue weighted by atomic mass is 16.5. The first kappa shape index (κ1) is 20.1. The number of rotatable bonds is 6. The maximum absolute atomic E-state index is 12.9. The lowest BCUT2D eigenvalue weighted by molar-refractivity contribution is -0.120. The molecule has 30 heavy (non-hydrogen) atoms. The van der Waals surface area contributed by atoms with Crippen molar-refractivity contribution in [3.05, 3.63) is 30.1 Å². The average Bonchev–Trinajstić information content (AvgIpc) is 3.30. The number of hydrogen-bond donors (Lipinski definition) is 1. The largest absolute Gasteiger partial charge is 0.481 e. The van der Waals surface area contributed by atoms with Crippen LogP contribution >= 0.6 is 0 Å². The van der Waals surface area contributed by atoms with Crippen LogP contribution in [-0.2, 0) is 4.79 Å². The molecule has 1 unspecified atom stereocenters. The second kappa shape index (κ2) is 8.64. The second-order valence-corrected chi connectivity index (χ2v) is 7.54. The van der Waals surface area contributed by atoms with Crippen LogP contribution in [0.5, 0.6) is 5.88 Å². The van der Waals surface area contributed by atoms with Gasteiger partial charge in [-0.25, -0.2) is 15.4 Å². The zero-order valence-electron chi connectivity index (χ0n) is 17.6. The number of methoxy groups -OCH3 is 1. The van der Waals surface area contributed by atoms with E-state index in [1.165, 1.54) is 12.8 Å². The molecule has 2 aromatic heterocycles. The van der Waals surface area contributed by atoms with Crippen molar-refractivity contribution in [2.24, 2.45) is 5.10 Å². The van der Waals surface area contributed by atoms with Crippen LogP contribution in [0, 0.1) is 0 Å². The Kier molecular flexibility index (Phi) is 5.78. The van der Waals surface area contributed by atoms with E-state index in [1.807, 2.05) is 12.1 Å². The molecule has 2 aliphatic rings. The van der Waals surface area contributed by atoms with Gasteiger partial charge in [-0.05, 0) is 25.3 Å². The Morgan fingerprint density at radius 3 is 2.83 bits per heavy atom. The smallest absolute Gasteiger partial charge is 0.249 e. The molecule has 1 N–H and O–H groups in total. The number of anilines is 3. The van der Waals surface area contributed by atoms with Gasteiger partial charge in [0, 0.05) is 19.2 Å². The van der Waals surface area contributed by atoms with Crippen molar-refractivity contribution in [2.75, 3.05) is 29.4 Å². The number of carbonyl (C=O) groups is 1. The number of ether oxygens (including phenoxy) is 1. The van der Waals surface area contributed by atoms with Gasteiger partial charge in [-0.15, -0.1) is 0 Å². The monoisotopic (exact) mass is 409 g/mol. The van der Waals surface area contributed by atoms with Gasteiger partial charge in [0.25, 0.3) is 0 Å². The van der Waals surface area contributed by atoms with E-state index in [1.54, 1.807) is 37.5 Å². The van der Waals surface area contributed by atoms with E-state index in [2.05, 4.69) is 32.3 Å². The molecule has 1 aliphatic carbocycles. The van der Waals surface area contributed by atoms with Crippen molar-refractivity contribution in [2.45, 2.75) is 51.1 Å². The molecule has 1 saturated carbocycles. The lowest BCUT2D eigenvalue weighted by atomic mass is 10.0. The molecule has 0 bridgehead atoms. The summed E-state index contributed by atoms with van der Waals surface area (Å²) in [4.78, 5) is 30.2. The first-order valence-electron chi connectivity index (χ1n) is 10.4. The predicted molar refractivity (Wildman–Crippen MR) is 116 cm³/mol. The van der Waals surface area contributed by atoms with E-state index in [9.17, 15) is 4.79 Å². The van der Waals surface area contributed by atoms with Crippen molar-refractivity contribution >= 4 is 29.6 Å². The molecule has 1 atom stereocenters. The molecule has 4 rings (SSSR count). The Hall–Kier alpha value is -3.23. The molecule has 158 valence electrons. The Labute approximate surface area is 176 Å². The zero-order chi connectivity index (χ0) is 21.1. The molecular formula is C21H27N7O2. The first-order chi connectivity index (χ1) is 14.6. The molecular weight excluding hydrogens is 382 g/mol. The minimum atomic E-state index is -0.196. The molecule has 9 nitrogen and oxygen atoms in total.